The van der Waals surface area contributed by atoms with Gasteiger partial charge in [0.05, 0.1) is 27.7 Å². The quantitative estimate of drug-likeness (QED) is 0.273. The summed E-state index contributed by atoms with van der Waals surface area (Å²) in [5, 5.41) is 8.27. The molecule has 1 aliphatic carbocycles. The van der Waals surface area contributed by atoms with E-state index in [0.29, 0.717) is 44.5 Å². The summed E-state index contributed by atoms with van der Waals surface area (Å²) in [6.07, 6.45) is 3.82. The number of aromatic nitrogens is 3. The molecule has 1 N–H and O–H groups in total. The highest BCUT2D eigenvalue weighted by Gasteiger charge is 2.28. The van der Waals surface area contributed by atoms with Gasteiger partial charge in [0.15, 0.2) is 5.65 Å². The number of anilines is 1. The van der Waals surface area contributed by atoms with E-state index >= 15 is 0 Å². The van der Waals surface area contributed by atoms with Gasteiger partial charge in [0, 0.05) is 23.3 Å². The van der Waals surface area contributed by atoms with Crippen LogP contribution in [0.1, 0.15) is 65.1 Å². The summed E-state index contributed by atoms with van der Waals surface area (Å²) in [6, 6.07) is 15.4. The lowest BCUT2D eigenvalue weighted by molar-refractivity contribution is 0.0736. The Morgan fingerprint density at radius 1 is 1.09 bits per heavy atom. The molecule has 1 fully saturated rings. The summed E-state index contributed by atoms with van der Waals surface area (Å²) >= 11 is 6.09. The number of esters is 1. The Balaban J connectivity index is 1.35. The van der Waals surface area contributed by atoms with Crippen LogP contribution in [-0.2, 0) is 0 Å². The third kappa shape index (κ3) is 4.39. The molecule has 34 heavy (non-hydrogen) atoms. The number of nitrogens with one attached hydrogen (secondary N) is 1. The van der Waals surface area contributed by atoms with Crippen molar-refractivity contribution < 1.29 is 14.3 Å². The number of pyridine rings is 1. The number of fused-ring (bicyclic) bond motifs is 1. The van der Waals surface area contributed by atoms with Gasteiger partial charge in [0.2, 0.25) is 0 Å². The van der Waals surface area contributed by atoms with E-state index in [1.165, 1.54) is 0 Å². The molecular formula is C26H23ClN4O3. The van der Waals surface area contributed by atoms with E-state index in [0.717, 1.165) is 18.5 Å². The molecule has 0 saturated heterocycles. The second kappa shape index (κ2) is 8.91. The highest BCUT2D eigenvalue weighted by Crippen LogP contribution is 2.40. The van der Waals surface area contributed by atoms with Crippen LogP contribution in [0.3, 0.4) is 0 Å². The van der Waals surface area contributed by atoms with Gasteiger partial charge >= 0.3 is 5.97 Å². The Labute approximate surface area is 201 Å². The molecule has 2 aromatic carbocycles. The first-order chi connectivity index (χ1) is 16.4. The van der Waals surface area contributed by atoms with Crippen molar-refractivity contribution in [2.75, 3.05) is 5.32 Å². The number of halogens is 1. The van der Waals surface area contributed by atoms with Crippen LogP contribution in [0.15, 0.2) is 60.8 Å². The Morgan fingerprint density at radius 2 is 1.82 bits per heavy atom. The van der Waals surface area contributed by atoms with Crippen molar-refractivity contribution in [3.05, 3.63) is 82.6 Å². The summed E-state index contributed by atoms with van der Waals surface area (Å²) in [4.78, 5) is 30.4. The number of amides is 1. The van der Waals surface area contributed by atoms with E-state index in [9.17, 15) is 9.59 Å². The highest BCUT2D eigenvalue weighted by atomic mass is 35.5. The van der Waals surface area contributed by atoms with E-state index in [-0.39, 0.29) is 11.9 Å². The molecule has 5 rings (SSSR count). The second-order valence-corrected chi connectivity index (χ2v) is 9.04. The Morgan fingerprint density at radius 3 is 2.50 bits per heavy atom. The number of hydrogen-bond donors (Lipinski definition) is 1. The molecule has 1 aliphatic rings. The zero-order valence-corrected chi connectivity index (χ0v) is 19.5. The third-order valence-corrected chi connectivity index (χ3v) is 6.06. The van der Waals surface area contributed by atoms with Crippen LogP contribution in [0.2, 0.25) is 5.02 Å². The normalized spacial score (nSPS) is 13.3. The maximum Gasteiger partial charge on any atom is 0.344 e. The zero-order chi connectivity index (χ0) is 23.8. The first-order valence-corrected chi connectivity index (χ1v) is 11.5. The number of ether oxygens (including phenoxy) is 1. The number of hydrogen-bond acceptors (Lipinski definition) is 5. The average molecular weight is 475 g/mol. The molecule has 172 valence electrons. The predicted molar refractivity (Wildman–Crippen MR) is 131 cm³/mol. The van der Waals surface area contributed by atoms with Crippen molar-refractivity contribution in [3.8, 4) is 5.75 Å². The van der Waals surface area contributed by atoms with Gasteiger partial charge in [-0.05, 0) is 69.2 Å². The van der Waals surface area contributed by atoms with E-state index in [1.807, 2.05) is 24.6 Å². The van der Waals surface area contributed by atoms with Crippen molar-refractivity contribution in [3.63, 3.8) is 0 Å². The van der Waals surface area contributed by atoms with Crippen molar-refractivity contribution in [1.29, 1.82) is 0 Å². The molecule has 7 nitrogen and oxygen atoms in total. The SMILES string of the molecule is CC(C)n1ncc2c(C(=O)Oc3ccc(NC(=O)c4ccccc4Cl)cc3)cc(C3CC3)nc21. The molecular weight excluding hydrogens is 452 g/mol. The van der Waals surface area contributed by atoms with Gasteiger partial charge in [-0.2, -0.15) is 5.10 Å². The lowest BCUT2D eigenvalue weighted by atomic mass is 10.1. The highest BCUT2D eigenvalue weighted by molar-refractivity contribution is 6.34. The van der Waals surface area contributed by atoms with Crippen LogP contribution in [0.25, 0.3) is 11.0 Å². The molecule has 0 spiro atoms. The Hall–Kier alpha value is -3.71. The molecule has 8 heteroatoms. The van der Waals surface area contributed by atoms with Crippen LogP contribution in [0, 0.1) is 0 Å². The maximum absolute atomic E-state index is 13.1. The van der Waals surface area contributed by atoms with Crippen molar-refractivity contribution in [1.82, 2.24) is 14.8 Å². The molecule has 0 aliphatic heterocycles. The van der Waals surface area contributed by atoms with Crippen molar-refractivity contribution >= 4 is 40.2 Å². The number of benzene rings is 2. The summed E-state index contributed by atoms with van der Waals surface area (Å²) < 4.78 is 7.49. The van der Waals surface area contributed by atoms with Crippen LogP contribution >= 0.6 is 11.6 Å². The fraction of sp³-hybridized carbons (Fsp3) is 0.231. The smallest absolute Gasteiger partial charge is 0.344 e. The second-order valence-electron chi connectivity index (χ2n) is 8.64. The Kier molecular flexibility index (Phi) is 5.79. The van der Waals surface area contributed by atoms with Crippen molar-refractivity contribution in [2.45, 2.75) is 38.6 Å². The summed E-state index contributed by atoms with van der Waals surface area (Å²) in [5.74, 6) is -0.0304. The number of rotatable bonds is 6. The number of carbonyl (C=O) groups excluding carboxylic acids is 2. The topological polar surface area (TPSA) is 86.1 Å². The summed E-state index contributed by atoms with van der Waals surface area (Å²) in [7, 11) is 0. The lowest BCUT2D eigenvalue weighted by Crippen LogP contribution is -2.13. The number of carbonyl (C=O) groups is 2. The average Bonchev–Trinajstić information content (AvgIpc) is 3.58. The van der Waals surface area contributed by atoms with Crippen molar-refractivity contribution in [2.24, 2.45) is 0 Å². The number of nitrogens with zero attached hydrogens (tertiary/aromatic N) is 3. The molecule has 2 aromatic heterocycles. The molecule has 0 unspecified atom stereocenters. The van der Waals surface area contributed by atoms with Gasteiger partial charge in [-0.15, -0.1) is 0 Å². The standard InChI is InChI=1S/C26H23ClN4O3/c1-15(2)31-24-21(14-28-31)20(13-23(30-24)16-7-8-16)26(33)34-18-11-9-17(10-12-18)29-25(32)19-5-3-4-6-22(19)27/h3-6,9-16H,7-8H2,1-2H3,(H,29,32). The minimum atomic E-state index is -0.467. The fourth-order valence-electron chi connectivity index (χ4n) is 3.78. The Bertz CT molecular complexity index is 1390. The van der Waals surface area contributed by atoms with Gasteiger partial charge in [0.25, 0.3) is 5.91 Å². The van der Waals surface area contributed by atoms with E-state index in [4.69, 9.17) is 21.3 Å². The van der Waals surface area contributed by atoms with Gasteiger partial charge in [0.1, 0.15) is 5.75 Å². The minimum Gasteiger partial charge on any atom is -0.423 e. The molecule has 2 heterocycles. The molecule has 0 bridgehead atoms. The van der Waals surface area contributed by atoms with Gasteiger partial charge in [-0.3, -0.25) is 4.79 Å². The first kappa shape index (κ1) is 22.1. The predicted octanol–water partition coefficient (Wildman–Crippen LogP) is 6.01. The van der Waals surface area contributed by atoms with Gasteiger partial charge in [-0.1, -0.05) is 23.7 Å². The molecule has 4 aromatic rings. The van der Waals surface area contributed by atoms with E-state index in [2.05, 4.69) is 10.4 Å². The summed E-state index contributed by atoms with van der Waals surface area (Å²) in [6.45, 7) is 4.06. The molecule has 0 atom stereocenters. The molecule has 1 saturated carbocycles. The van der Waals surface area contributed by atoms with Crippen LogP contribution in [-0.4, -0.2) is 26.6 Å². The third-order valence-electron chi connectivity index (χ3n) is 5.73. The van der Waals surface area contributed by atoms with Crippen LogP contribution < -0.4 is 10.1 Å². The van der Waals surface area contributed by atoms with Gasteiger partial charge < -0.3 is 10.1 Å². The zero-order valence-electron chi connectivity index (χ0n) is 18.8. The summed E-state index contributed by atoms with van der Waals surface area (Å²) in [5.41, 5.74) is 3.00. The van der Waals surface area contributed by atoms with Crippen LogP contribution in [0.4, 0.5) is 5.69 Å². The fourth-order valence-corrected chi connectivity index (χ4v) is 4.01. The van der Waals surface area contributed by atoms with Gasteiger partial charge in [-0.25, -0.2) is 14.5 Å². The van der Waals surface area contributed by atoms with E-state index < -0.39 is 5.97 Å². The first-order valence-electron chi connectivity index (χ1n) is 11.2. The molecule has 1 amide bonds. The minimum absolute atomic E-state index is 0.122. The molecule has 0 radical (unpaired) electrons. The van der Waals surface area contributed by atoms with Crippen LogP contribution in [0.5, 0.6) is 5.75 Å². The maximum atomic E-state index is 13.1. The van der Waals surface area contributed by atoms with E-state index in [1.54, 1.807) is 54.7 Å². The lowest BCUT2D eigenvalue weighted by Gasteiger charge is -2.11. The monoisotopic (exact) mass is 474 g/mol. The largest absolute Gasteiger partial charge is 0.423 e.